The molecule has 4 heterocycles. The molecule has 1 aliphatic heterocycles. The zero-order chi connectivity index (χ0) is 37.5. The van der Waals surface area contributed by atoms with Crippen LogP contribution < -0.4 is 10.6 Å². The van der Waals surface area contributed by atoms with Crippen LogP contribution in [0.4, 0.5) is 0 Å². The van der Waals surface area contributed by atoms with Gasteiger partial charge in [0.25, 0.3) is 0 Å². The van der Waals surface area contributed by atoms with E-state index >= 15 is 0 Å². The predicted octanol–water partition coefficient (Wildman–Crippen LogP) is 12.8. The average Bonchev–Trinajstić information content (AvgIpc) is 3.96. The number of amidine groups is 1. The fourth-order valence-electron chi connectivity index (χ4n) is 9.17. The van der Waals surface area contributed by atoms with Crippen LogP contribution >= 0.6 is 11.3 Å². The maximum atomic E-state index is 6.68. The summed E-state index contributed by atoms with van der Waals surface area (Å²) in [6.07, 6.45) is 9.57. The zero-order valence-corrected chi connectivity index (χ0v) is 31.7. The Balaban J connectivity index is 0.969. The molecule has 0 saturated carbocycles. The molecular weight excluding hydrogens is 717 g/mol. The van der Waals surface area contributed by atoms with Gasteiger partial charge in [-0.25, -0.2) is 4.99 Å². The van der Waals surface area contributed by atoms with Gasteiger partial charge in [-0.05, 0) is 77.7 Å². The summed E-state index contributed by atoms with van der Waals surface area (Å²) in [6, 6.07) is 54.5. The van der Waals surface area contributed by atoms with Crippen molar-refractivity contribution in [3.63, 3.8) is 0 Å². The van der Waals surface area contributed by atoms with E-state index in [1.165, 1.54) is 47.5 Å². The molecule has 7 aromatic carbocycles. The van der Waals surface area contributed by atoms with E-state index in [4.69, 9.17) is 9.41 Å². The Morgan fingerprint density at radius 1 is 0.596 bits per heavy atom. The van der Waals surface area contributed by atoms with Crippen LogP contribution in [0.25, 0.3) is 80.7 Å². The monoisotopic (exact) mass is 752 g/mol. The minimum absolute atomic E-state index is 0.0608. The minimum Gasteiger partial charge on any atom is -0.456 e. The standard InChI is InChI=1S/C51H36N4OS/c1-3-13-31(14-4-1)49-52-50(32-15-5-2-6-16-32)54-51(53-49)38-19-11-24-46-47(38)39-29-33(26-28-45(39)57-46)34-25-27-37-44(30-34)56-43-23-12-22-42(48(37)43)55-40-20-9-7-17-35(40)36-18-8-10-21-41(36)55/h1-15,17-30,32,50-51,54H,16H2,(H,52,53). The van der Waals surface area contributed by atoms with Gasteiger partial charge < -0.3 is 14.3 Å². The van der Waals surface area contributed by atoms with Crippen LogP contribution in [0.3, 0.4) is 0 Å². The summed E-state index contributed by atoms with van der Waals surface area (Å²) < 4.78 is 11.6. The van der Waals surface area contributed by atoms with E-state index in [1.54, 1.807) is 0 Å². The van der Waals surface area contributed by atoms with Crippen LogP contribution in [-0.2, 0) is 0 Å². The van der Waals surface area contributed by atoms with Gasteiger partial charge in [0.15, 0.2) is 0 Å². The lowest BCUT2D eigenvalue weighted by Gasteiger charge is -2.35. The van der Waals surface area contributed by atoms with Crippen molar-refractivity contribution in [1.82, 2.24) is 15.2 Å². The number of rotatable bonds is 5. The van der Waals surface area contributed by atoms with Crippen molar-refractivity contribution in [2.75, 3.05) is 0 Å². The van der Waals surface area contributed by atoms with Crippen molar-refractivity contribution in [3.8, 4) is 16.8 Å². The van der Waals surface area contributed by atoms with Crippen molar-refractivity contribution in [3.05, 3.63) is 187 Å². The molecule has 10 aromatic rings. The van der Waals surface area contributed by atoms with E-state index in [-0.39, 0.29) is 18.2 Å². The number of hydrogen-bond donors (Lipinski definition) is 2. The van der Waals surface area contributed by atoms with Crippen molar-refractivity contribution in [2.45, 2.75) is 18.8 Å². The van der Waals surface area contributed by atoms with Gasteiger partial charge in [0.1, 0.15) is 29.3 Å². The first-order valence-corrected chi connectivity index (χ1v) is 20.5. The first-order chi connectivity index (χ1) is 28.2. The number of thiophene rings is 1. The maximum absolute atomic E-state index is 6.68. The van der Waals surface area contributed by atoms with Gasteiger partial charge in [-0.3, -0.25) is 5.32 Å². The van der Waals surface area contributed by atoms with Crippen LogP contribution in [0.2, 0.25) is 0 Å². The van der Waals surface area contributed by atoms with Crippen LogP contribution in [0.1, 0.15) is 23.7 Å². The number of nitrogens with zero attached hydrogens (tertiary/aromatic N) is 2. The van der Waals surface area contributed by atoms with Gasteiger partial charge in [-0.15, -0.1) is 11.3 Å². The molecule has 6 heteroatoms. The summed E-state index contributed by atoms with van der Waals surface area (Å²) in [5, 5.41) is 15.0. The maximum Gasteiger partial charge on any atom is 0.137 e. The summed E-state index contributed by atoms with van der Waals surface area (Å²) in [6.45, 7) is 0. The third kappa shape index (κ3) is 5.22. The molecule has 0 amide bonds. The molecule has 0 fully saturated rings. The SMILES string of the molecule is C1=CCC(C2N=C(c3ccccc3)NC(c3cccc4sc5ccc(-c6ccc7c(c6)oc6cccc(-n8c9ccccc9c9ccccc98)c67)cc5c34)N2)C=C1. The smallest absolute Gasteiger partial charge is 0.137 e. The van der Waals surface area contributed by atoms with Crippen molar-refractivity contribution in [2.24, 2.45) is 10.9 Å². The highest BCUT2D eigenvalue weighted by molar-refractivity contribution is 7.25. The second kappa shape index (κ2) is 12.9. The average molecular weight is 753 g/mol. The van der Waals surface area contributed by atoms with Crippen LogP contribution in [0.5, 0.6) is 0 Å². The fourth-order valence-corrected chi connectivity index (χ4v) is 10.3. The fraction of sp³-hybridized carbons (Fsp3) is 0.0784. The van der Waals surface area contributed by atoms with Crippen LogP contribution in [0, 0.1) is 5.92 Å². The molecule has 5 nitrogen and oxygen atoms in total. The molecule has 0 bridgehead atoms. The molecule has 12 rings (SSSR count). The van der Waals surface area contributed by atoms with E-state index < -0.39 is 0 Å². The number of aliphatic imine (C=N–C) groups is 1. The Hall–Kier alpha value is -6.73. The number of aromatic nitrogens is 1. The highest BCUT2D eigenvalue weighted by Gasteiger charge is 2.30. The Labute approximate surface area is 332 Å². The summed E-state index contributed by atoms with van der Waals surface area (Å²) in [4.78, 5) is 5.22. The first-order valence-electron chi connectivity index (χ1n) is 19.6. The highest BCUT2D eigenvalue weighted by Crippen LogP contribution is 2.43. The minimum atomic E-state index is -0.122. The van der Waals surface area contributed by atoms with E-state index in [9.17, 15) is 0 Å². The lowest BCUT2D eigenvalue weighted by atomic mass is 9.95. The lowest BCUT2D eigenvalue weighted by Crippen LogP contribution is -2.50. The molecule has 2 aliphatic rings. The quantitative estimate of drug-likeness (QED) is 0.184. The van der Waals surface area contributed by atoms with Crippen LogP contribution in [0.15, 0.2) is 185 Å². The van der Waals surface area contributed by atoms with Gasteiger partial charge in [0.2, 0.25) is 0 Å². The summed E-state index contributed by atoms with van der Waals surface area (Å²) in [7, 11) is 0. The van der Waals surface area contributed by atoms with Crippen molar-refractivity contribution in [1.29, 1.82) is 0 Å². The molecule has 272 valence electrons. The van der Waals surface area contributed by atoms with Crippen molar-refractivity contribution >= 4 is 81.1 Å². The Bertz CT molecular complexity index is 3260. The lowest BCUT2D eigenvalue weighted by molar-refractivity contribution is 0.340. The largest absolute Gasteiger partial charge is 0.456 e. The summed E-state index contributed by atoms with van der Waals surface area (Å²) in [5.74, 6) is 1.19. The van der Waals surface area contributed by atoms with Crippen LogP contribution in [-0.4, -0.2) is 16.6 Å². The summed E-state index contributed by atoms with van der Waals surface area (Å²) in [5.41, 5.74) is 9.88. The number of fused-ring (bicyclic) bond motifs is 9. The molecule has 1 aliphatic carbocycles. The summed E-state index contributed by atoms with van der Waals surface area (Å²) >= 11 is 1.85. The molecule has 2 N–H and O–H groups in total. The number of furan rings is 1. The van der Waals surface area contributed by atoms with E-state index in [2.05, 4.69) is 191 Å². The van der Waals surface area contributed by atoms with Gasteiger partial charge in [-0.2, -0.15) is 0 Å². The van der Waals surface area contributed by atoms with Crippen molar-refractivity contribution < 1.29 is 4.42 Å². The van der Waals surface area contributed by atoms with Gasteiger partial charge >= 0.3 is 0 Å². The van der Waals surface area contributed by atoms with E-state index in [1.807, 2.05) is 11.3 Å². The molecule has 0 radical (unpaired) electrons. The Morgan fingerprint density at radius 2 is 1.37 bits per heavy atom. The van der Waals surface area contributed by atoms with E-state index in [0.29, 0.717) is 0 Å². The molecule has 3 aromatic heterocycles. The third-order valence-electron chi connectivity index (χ3n) is 11.8. The third-order valence-corrected chi connectivity index (χ3v) is 13.0. The molecule has 0 spiro atoms. The molecule has 3 atom stereocenters. The first kappa shape index (κ1) is 32.5. The number of para-hydroxylation sites is 2. The zero-order valence-electron chi connectivity index (χ0n) is 30.9. The number of benzene rings is 7. The van der Waals surface area contributed by atoms with Gasteiger partial charge in [0.05, 0.1) is 22.1 Å². The predicted molar refractivity (Wildman–Crippen MR) is 239 cm³/mol. The Morgan fingerprint density at radius 3 is 2.19 bits per heavy atom. The Kier molecular flexibility index (Phi) is 7.37. The second-order valence-corrected chi connectivity index (χ2v) is 16.2. The van der Waals surface area contributed by atoms with Gasteiger partial charge in [-0.1, -0.05) is 121 Å². The van der Waals surface area contributed by atoms with E-state index in [0.717, 1.165) is 56.6 Å². The number of hydrogen-bond acceptors (Lipinski definition) is 5. The highest BCUT2D eigenvalue weighted by atomic mass is 32.1. The number of nitrogens with one attached hydrogen (secondary N) is 2. The normalized spacial score (nSPS) is 18.3. The molecule has 57 heavy (non-hydrogen) atoms. The molecular formula is C51H36N4OS. The molecule has 0 saturated heterocycles. The molecule has 3 unspecified atom stereocenters. The number of allylic oxidation sites excluding steroid dienone is 3. The second-order valence-electron chi connectivity index (χ2n) is 15.1. The topological polar surface area (TPSA) is 54.5 Å². The van der Waals surface area contributed by atoms with Gasteiger partial charge in [0, 0.05) is 47.8 Å².